The van der Waals surface area contributed by atoms with Crippen molar-refractivity contribution in [3.63, 3.8) is 0 Å². The number of aryl methyl sites for hydroxylation is 1. The van der Waals surface area contributed by atoms with Crippen molar-refractivity contribution >= 4 is 11.6 Å². The predicted octanol–water partition coefficient (Wildman–Crippen LogP) is 5.61. The first-order chi connectivity index (χ1) is 8.38. The van der Waals surface area contributed by atoms with E-state index in [1.807, 2.05) is 0 Å². The van der Waals surface area contributed by atoms with Gasteiger partial charge in [-0.05, 0) is 35.1 Å². The topological polar surface area (TPSA) is 0 Å². The van der Waals surface area contributed by atoms with Crippen LogP contribution in [0.3, 0.4) is 0 Å². The Labute approximate surface area is 115 Å². The molecule has 94 valence electrons. The molecule has 2 rings (SSSR count). The third-order valence-corrected chi connectivity index (χ3v) is 3.47. The largest absolute Gasteiger partial charge is 0.0840 e. The van der Waals surface area contributed by atoms with Crippen molar-refractivity contribution < 1.29 is 0 Å². The summed E-state index contributed by atoms with van der Waals surface area (Å²) in [4.78, 5) is 0. The molecule has 0 atom stereocenters. The van der Waals surface area contributed by atoms with E-state index in [0.717, 1.165) is 5.02 Å². The molecule has 2 aromatic carbocycles. The number of halogens is 1. The van der Waals surface area contributed by atoms with Crippen molar-refractivity contribution in [2.75, 3.05) is 0 Å². The van der Waals surface area contributed by atoms with Gasteiger partial charge in [0.25, 0.3) is 0 Å². The van der Waals surface area contributed by atoms with Crippen molar-refractivity contribution in [2.45, 2.75) is 33.1 Å². The summed E-state index contributed by atoms with van der Waals surface area (Å²) in [5.41, 5.74) is 4.94. The van der Waals surface area contributed by atoms with Crippen LogP contribution < -0.4 is 0 Å². The highest BCUT2D eigenvalue weighted by Crippen LogP contribution is 2.32. The zero-order chi connectivity index (χ0) is 13.3. The maximum atomic E-state index is 6.40. The molecule has 0 nitrogen and oxygen atoms in total. The number of hydrogen-bond acceptors (Lipinski definition) is 0. The molecule has 0 aliphatic carbocycles. The van der Waals surface area contributed by atoms with Gasteiger partial charge in [0.1, 0.15) is 0 Å². The molecule has 0 fully saturated rings. The van der Waals surface area contributed by atoms with Gasteiger partial charge in [-0.25, -0.2) is 0 Å². The van der Waals surface area contributed by atoms with Crippen molar-refractivity contribution in [3.8, 4) is 11.1 Å². The van der Waals surface area contributed by atoms with Crippen LogP contribution in [-0.2, 0) is 5.41 Å². The van der Waals surface area contributed by atoms with E-state index in [0.29, 0.717) is 0 Å². The summed E-state index contributed by atoms with van der Waals surface area (Å²) in [6.45, 7) is 8.64. The van der Waals surface area contributed by atoms with Gasteiger partial charge in [0.15, 0.2) is 0 Å². The van der Waals surface area contributed by atoms with Gasteiger partial charge in [-0.3, -0.25) is 0 Å². The minimum atomic E-state index is 0.0862. The lowest BCUT2D eigenvalue weighted by molar-refractivity contribution is 0.590. The summed E-state index contributed by atoms with van der Waals surface area (Å²) >= 11 is 6.40. The Morgan fingerprint density at radius 2 is 1.39 bits per heavy atom. The maximum Gasteiger partial charge on any atom is 0.0449 e. The van der Waals surface area contributed by atoms with Crippen molar-refractivity contribution in [1.82, 2.24) is 0 Å². The summed E-state index contributed by atoms with van der Waals surface area (Å²) in [6, 6.07) is 14.9. The summed E-state index contributed by atoms with van der Waals surface area (Å²) in [5, 5.41) is 0.848. The predicted molar refractivity (Wildman–Crippen MR) is 80.3 cm³/mol. The molecule has 0 spiro atoms. The quantitative estimate of drug-likeness (QED) is 0.623. The molecule has 0 N–H and O–H groups in total. The van der Waals surface area contributed by atoms with Crippen LogP contribution >= 0.6 is 11.6 Å². The molecular formula is C17H19Cl. The lowest BCUT2D eigenvalue weighted by Crippen LogP contribution is -2.11. The molecule has 2 aromatic rings. The van der Waals surface area contributed by atoms with Crippen molar-refractivity contribution in [1.29, 1.82) is 0 Å². The normalized spacial score (nSPS) is 11.6. The Hall–Kier alpha value is -1.27. The summed E-state index contributed by atoms with van der Waals surface area (Å²) < 4.78 is 0. The van der Waals surface area contributed by atoms with E-state index < -0.39 is 0 Å². The van der Waals surface area contributed by atoms with Crippen LogP contribution in [0, 0.1) is 6.92 Å². The zero-order valence-electron chi connectivity index (χ0n) is 11.4. The minimum Gasteiger partial charge on any atom is -0.0840 e. The van der Waals surface area contributed by atoms with Crippen LogP contribution in [-0.4, -0.2) is 0 Å². The van der Waals surface area contributed by atoms with Gasteiger partial charge in [-0.15, -0.1) is 0 Å². The molecule has 0 radical (unpaired) electrons. The van der Waals surface area contributed by atoms with E-state index >= 15 is 0 Å². The lowest BCUT2D eigenvalue weighted by atomic mass is 9.86. The highest BCUT2D eigenvalue weighted by molar-refractivity contribution is 6.31. The van der Waals surface area contributed by atoms with Gasteiger partial charge in [-0.1, -0.05) is 74.3 Å². The molecule has 0 saturated heterocycles. The molecule has 0 aliphatic rings. The first-order valence-corrected chi connectivity index (χ1v) is 6.63. The molecule has 1 heteroatoms. The average molecular weight is 259 g/mol. The van der Waals surface area contributed by atoms with Gasteiger partial charge >= 0.3 is 0 Å². The zero-order valence-corrected chi connectivity index (χ0v) is 12.2. The van der Waals surface area contributed by atoms with Crippen LogP contribution in [0.1, 0.15) is 31.9 Å². The molecule has 0 heterocycles. The highest BCUT2D eigenvalue weighted by atomic mass is 35.5. The number of hydrogen-bond donors (Lipinski definition) is 0. The van der Waals surface area contributed by atoms with E-state index in [1.165, 1.54) is 22.3 Å². The van der Waals surface area contributed by atoms with Crippen LogP contribution in [0.25, 0.3) is 11.1 Å². The molecule has 0 saturated carbocycles. The molecular weight excluding hydrogens is 240 g/mol. The summed E-state index contributed by atoms with van der Waals surface area (Å²) in [5.74, 6) is 0. The minimum absolute atomic E-state index is 0.0862. The Bertz CT molecular complexity index is 545. The molecule has 0 amide bonds. The fourth-order valence-corrected chi connectivity index (χ4v) is 2.51. The van der Waals surface area contributed by atoms with Crippen LogP contribution in [0.5, 0.6) is 0 Å². The third kappa shape index (κ3) is 2.76. The second-order valence-corrected chi connectivity index (χ2v) is 6.22. The van der Waals surface area contributed by atoms with Crippen molar-refractivity contribution in [2.24, 2.45) is 0 Å². The van der Waals surface area contributed by atoms with Crippen LogP contribution in [0.2, 0.25) is 5.02 Å². The van der Waals surface area contributed by atoms with Gasteiger partial charge in [0.2, 0.25) is 0 Å². The highest BCUT2D eigenvalue weighted by Gasteiger charge is 2.17. The fourth-order valence-electron chi connectivity index (χ4n) is 2.05. The number of rotatable bonds is 1. The molecule has 18 heavy (non-hydrogen) atoms. The monoisotopic (exact) mass is 258 g/mol. The maximum absolute atomic E-state index is 6.40. The SMILES string of the molecule is Cc1ccc(-c2ccc(C(C)(C)C)c(Cl)c2)cc1. The molecule has 0 unspecified atom stereocenters. The van der Waals surface area contributed by atoms with Crippen LogP contribution in [0.15, 0.2) is 42.5 Å². The van der Waals surface area contributed by atoms with Gasteiger partial charge in [-0.2, -0.15) is 0 Å². The van der Waals surface area contributed by atoms with Crippen molar-refractivity contribution in [3.05, 3.63) is 58.6 Å². The van der Waals surface area contributed by atoms with E-state index in [-0.39, 0.29) is 5.41 Å². The van der Waals surface area contributed by atoms with Gasteiger partial charge < -0.3 is 0 Å². The summed E-state index contributed by atoms with van der Waals surface area (Å²) in [7, 11) is 0. The lowest BCUT2D eigenvalue weighted by Gasteiger charge is -2.21. The Kier molecular flexibility index (Phi) is 3.49. The fraction of sp³-hybridized carbons (Fsp3) is 0.294. The van der Waals surface area contributed by atoms with Gasteiger partial charge in [0.05, 0.1) is 0 Å². The van der Waals surface area contributed by atoms with E-state index in [1.54, 1.807) is 0 Å². The first kappa shape index (κ1) is 13.2. The second-order valence-electron chi connectivity index (χ2n) is 5.81. The standard InChI is InChI=1S/C17H19Cl/c1-12-5-7-13(8-6-12)14-9-10-15(16(18)11-14)17(2,3)4/h5-11H,1-4H3. The third-order valence-electron chi connectivity index (χ3n) is 3.16. The Balaban J connectivity index is 2.43. The average Bonchev–Trinajstić information content (AvgIpc) is 2.28. The second kappa shape index (κ2) is 4.78. The Morgan fingerprint density at radius 1 is 0.833 bits per heavy atom. The first-order valence-electron chi connectivity index (χ1n) is 6.25. The van der Waals surface area contributed by atoms with Gasteiger partial charge in [0, 0.05) is 5.02 Å². The van der Waals surface area contributed by atoms with Crippen LogP contribution in [0.4, 0.5) is 0 Å². The van der Waals surface area contributed by atoms with E-state index in [2.05, 4.69) is 70.2 Å². The summed E-state index contributed by atoms with van der Waals surface area (Å²) in [6.07, 6.45) is 0. The molecule has 0 aliphatic heterocycles. The van der Waals surface area contributed by atoms with E-state index in [4.69, 9.17) is 11.6 Å². The van der Waals surface area contributed by atoms with E-state index in [9.17, 15) is 0 Å². The molecule has 0 aromatic heterocycles. The Morgan fingerprint density at radius 3 is 1.89 bits per heavy atom. The molecule has 0 bridgehead atoms. The smallest absolute Gasteiger partial charge is 0.0449 e. The number of benzene rings is 2.